The van der Waals surface area contributed by atoms with Gasteiger partial charge in [0.05, 0.1) is 11.5 Å². The summed E-state index contributed by atoms with van der Waals surface area (Å²) in [5, 5.41) is 0. The van der Waals surface area contributed by atoms with Gasteiger partial charge in [0.1, 0.15) is 0 Å². The molecule has 1 aliphatic rings. The third kappa shape index (κ3) is 6.13. The quantitative estimate of drug-likeness (QED) is 0.627. The Hall–Kier alpha value is -0.440. The summed E-state index contributed by atoms with van der Waals surface area (Å²) in [6.07, 6.45) is -4.57. The molecule has 3 nitrogen and oxygen atoms in total. The first kappa shape index (κ1) is 21.6. The maximum Gasteiger partial charge on any atom is 0.453 e. The third-order valence-corrected chi connectivity index (χ3v) is 6.11. The van der Waals surface area contributed by atoms with Crippen LogP contribution in [0.2, 0.25) is 0 Å². The van der Waals surface area contributed by atoms with Crippen LogP contribution in [0.1, 0.15) is 52.9 Å². The van der Waals surface area contributed by atoms with Crippen molar-refractivity contribution in [2.75, 3.05) is 18.1 Å². The van der Waals surface area contributed by atoms with Gasteiger partial charge in [-0.25, -0.2) is 8.42 Å². The van der Waals surface area contributed by atoms with Crippen LogP contribution in [0.4, 0.5) is 22.0 Å². The molecule has 0 radical (unpaired) electrons. The van der Waals surface area contributed by atoms with Crippen LogP contribution in [0.5, 0.6) is 0 Å². The first-order valence-corrected chi connectivity index (χ1v) is 9.90. The summed E-state index contributed by atoms with van der Waals surface area (Å²) in [7, 11) is -3.92. The predicted molar refractivity (Wildman–Crippen MR) is 83.0 cm³/mol. The van der Waals surface area contributed by atoms with Crippen molar-refractivity contribution in [1.29, 1.82) is 0 Å². The van der Waals surface area contributed by atoms with Crippen molar-refractivity contribution in [3.8, 4) is 0 Å². The number of nitrogens with zero attached hydrogens (tertiary/aromatic N) is 1. The number of alkyl halides is 5. The molecular weight excluding hydrogens is 353 g/mol. The third-order valence-electron chi connectivity index (χ3n) is 4.37. The van der Waals surface area contributed by atoms with E-state index in [1.54, 1.807) is 0 Å². The molecule has 1 heterocycles. The molecule has 144 valence electrons. The van der Waals surface area contributed by atoms with Gasteiger partial charge in [-0.05, 0) is 53.0 Å². The molecule has 1 fully saturated rings. The average molecular weight is 379 g/mol. The lowest BCUT2D eigenvalue weighted by Gasteiger charge is -2.37. The van der Waals surface area contributed by atoms with Crippen LogP contribution in [0.25, 0.3) is 0 Å². The molecule has 0 unspecified atom stereocenters. The molecule has 9 heteroatoms. The molecule has 0 aromatic carbocycles. The van der Waals surface area contributed by atoms with E-state index in [9.17, 15) is 30.4 Å². The number of hydrogen-bond acceptors (Lipinski definition) is 3. The van der Waals surface area contributed by atoms with Gasteiger partial charge in [-0.1, -0.05) is 0 Å². The Morgan fingerprint density at radius 3 is 2.12 bits per heavy atom. The van der Waals surface area contributed by atoms with Crippen LogP contribution >= 0.6 is 0 Å². The fourth-order valence-electron chi connectivity index (χ4n) is 3.09. The van der Waals surface area contributed by atoms with Gasteiger partial charge in [-0.2, -0.15) is 22.0 Å². The minimum Gasteiger partial charge on any atom is -0.296 e. The van der Waals surface area contributed by atoms with Crippen molar-refractivity contribution < 1.29 is 30.4 Å². The molecule has 0 saturated carbocycles. The molecule has 1 rings (SSSR count). The summed E-state index contributed by atoms with van der Waals surface area (Å²) >= 11 is 0. The fraction of sp³-hybridized carbons (Fsp3) is 1.00. The second kappa shape index (κ2) is 7.43. The molecule has 24 heavy (non-hydrogen) atoms. The first-order chi connectivity index (χ1) is 10.7. The first-order valence-electron chi connectivity index (χ1n) is 8.07. The van der Waals surface area contributed by atoms with E-state index in [1.807, 2.05) is 0 Å². The highest BCUT2D eigenvalue weighted by Gasteiger charge is 2.57. The van der Waals surface area contributed by atoms with Crippen LogP contribution in [-0.2, 0) is 9.84 Å². The number of rotatable bonds is 7. The Balaban J connectivity index is 2.46. The fourth-order valence-corrected chi connectivity index (χ4v) is 4.46. The van der Waals surface area contributed by atoms with Gasteiger partial charge in [0.25, 0.3) is 0 Å². The van der Waals surface area contributed by atoms with E-state index in [-0.39, 0.29) is 23.8 Å². The maximum atomic E-state index is 12.8. The molecular formula is C15H26F5NO2S. The van der Waals surface area contributed by atoms with Gasteiger partial charge in [0.15, 0.2) is 9.84 Å². The second-order valence-electron chi connectivity index (χ2n) is 7.41. The van der Waals surface area contributed by atoms with Gasteiger partial charge < -0.3 is 0 Å². The van der Waals surface area contributed by atoms with E-state index in [1.165, 1.54) is 0 Å². The Morgan fingerprint density at radius 2 is 1.62 bits per heavy atom. The molecule has 0 aliphatic carbocycles. The monoisotopic (exact) mass is 379 g/mol. The largest absolute Gasteiger partial charge is 0.453 e. The SMILES string of the molecule is CC(C)(C)N1CCC[C@@H]1CCCS(=O)(=O)CCC(F)(F)C(F)(F)F. The highest BCUT2D eigenvalue weighted by Crippen LogP contribution is 2.38. The topological polar surface area (TPSA) is 37.4 Å². The van der Waals surface area contributed by atoms with Crippen molar-refractivity contribution in [2.45, 2.75) is 76.6 Å². The lowest BCUT2D eigenvalue weighted by molar-refractivity contribution is -0.282. The summed E-state index contributed by atoms with van der Waals surface area (Å²) in [6.45, 7) is 7.14. The molecule has 0 amide bonds. The van der Waals surface area contributed by atoms with Gasteiger partial charge in [-0.15, -0.1) is 0 Å². The Kier molecular flexibility index (Phi) is 6.69. The summed E-state index contributed by atoms with van der Waals surface area (Å²) in [5.74, 6) is -6.46. The summed E-state index contributed by atoms with van der Waals surface area (Å²) in [4.78, 5) is 2.29. The zero-order valence-corrected chi connectivity index (χ0v) is 15.1. The molecule has 0 N–H and O–H groups in total. The van der Waals surface area contributed by atoms with E-state index in [4.69, 9.17) is 0 Å². The summed E-state index contributed by atoms with van der Waals surface area (Å²) in [6, 6.07) is 0.233. The van der Waals surface area contributed by atoms with E-state index in [0.717, 1.165) is 19.4 Å². The molecule has 0 aromatic heterocycles. The van der Waals surface area contributed by atoms with Gasteiger partial charge in [0.2, 0.25) is 0 Å². The van der Waals surface area contributed by atoms with Crippen molar-refractivity contribution in [3.63, 3.8) is 0 Å². The number of likely N-dealkylation sites (tertiary alicyclic amines) is 1. The minimum absolute atomic E-state index is 0.0329. The molecule has 0 aromatic rings. The second-order valence-corrected chi connectivity index (χ2v) is 9.71. The molecule has 1 aliphatic heterocycles. The van der Waals surface area contributed by atoms with Crippen molar-refractivity contribution in [3.05, 3.63) is 0 Å². The lowest BCUT2D eigenvalue weighted by Crippen LogP contribution is -2.44. The highest BCUT2D eigenvalue weighted by molar-refractivity contribution is 7.91. The number of sulfone groups is 1. The zero-order valence-electron chi connectivity index (χ0n) is 14.3. The number of halogens is 5. The predicted octanol–water partition coefficient (Wildman–Crippen LogP) is 4.03. The van der Waals surface area contributed by atoms with Gasteiger partial charge in [-0.3, -0.25) is 4.90 Å². The smallest absolute Gasteiger partial charge is 0.296 e. The lowest BCUT2D eigenvalue weighted by atomic mass is 10.0. The Morgan fingerprint density at radius 1 is 1.04 bits per heavy atom. The normalized spacial score (nSPS) is 21.4. The standard InChI is InChI=1S/C15H26F5NO2S/c1-13(2,3)21-9-4-6-12(21)7-5-10-24(22,23)11-8-14(16,17)15(18,19)20/h12H,4-11H2,1-3H3/t12-/m1/s1. The van der Waals surface area contributed by atoms with Crippen LogP contribution in [-0.4, -0.2) is 55.0 Å². The Labute approximate surface area is 140 Å². The van der Waals surface area contributed by atoms with Crippen molar-refractivity contribution in [2.24, 2.45) is 0 Å². The molecule has 0 bridgehead atoms. The minimum atomic E-state index is -5.71. The number of hydrogen-bond donors (Lipinski definition) is 0. The summed E-state index contributed by atoms with van der Waals surface area (Å²) < 4.78 is 85.3. The maximum absolute atomic E-state index is 12.8. The summed E-state index contributed by atoms with van der Waals surface area (Å²) in [5.41, 5.74) is -0.0329. The van der Waals surface area contributed by atoms with Crippen LogP contribution in [0, 0.1) is 0 Å². The molecule has 1 atom stereocenters. The van der Waals surface area contributed by atoms with Crippen LogP contribution < -0.4 is 0 Å². The Bertz CT molecular complexity index is 511. The average Bonchev–Trinajstić information content (AvgIpc) is 2.83. The van der Waals surface area contributed by atoms with E-state index in [2.05, 4.69) is 25.7 Å². The van der Waals surface area contributed by atoms with Crippen molar-refractivity contribution in [1.82, 2.24) is 4.90 Å². The van der Waals surface area contributed by atoms with E-state index in [0.29, 0.717) is 6.42 Å². The van der Waals surface area contributed by atoms with E-state index >= 15 is 0 Å². The van der Waals surface area contributed by atoms with Crippen molar-refractivity contribution >= 4 is 9.84 Å². The van der Waals surface area contributed by atoms with E-state index < -0.39 is 34.1 Å². The van der Waals surface area contributed by atoms with Gasteiger partial charge >= 0.3 is 12.1 Å². The highest BCUT2D eigenvalue weighted by atomic mass is 32.2. The van der Waals surface area contributed by atoms with Crippen LogP contribution in [0.3, 0.4) is 0 Å². The molecule has 0 spiro atoms. The molecule has 1 saturated heterocycles. The zero-order chi connectivity index (χ0) is 18.8. The van der Waals surface area contributed by atoms with Gasteiger partial charge in [0, 0.05) is 18.0 Å². The van der Waals surface area contributed by atoms with Crippen LogP contribution in [0.15, 0.2) is 0 Å².